The molecule has 0 bridgehead atoms. The molecule has 1 heterocycles. The average molecular weight is 382 g/mol. The van der Waals surface area contributed by atoms with E-state index in [4.69, 9.17) is 21.7 Å². The van der Waals surface area contributed by atoms with Crippen molar-refractivity contribution in [2.24, 2.45) is 16.5 Å². The van der Waals surface area contributed by atoms with Crippen molar-refractivity contribution in [2.75, 3.05) is 11.9 Å². The van der Waals surface area contributed by atoms with E-state index in [1.165, 1.54) is 0 Å². The molecule has 0 aliphatic carbocycles. The van der Waals surface area contributed by atoms with E-state index in [0.717, 1.165) is 25.8 Å². The molecule has 1 amide bonds. The second-order valence-corrected chi connectivity index (χ2v) is 5.29. The monoisotopic (exact) mass is 382 g/mol. The van der Waals surface area contributed by atoms with E-state index in [2.05, 4.69) is 15.4 Å². The van der Waals surface area contributed by atoms with Gasteiger partial charge in [0.1, 0.15) is 0 Å². The SMILES string of the molecule is CCCN=C(N)Nc1ccn(CCCCC(N)=O)n1.O=C(O)/C=C\C(=O)O. The van der Waals surface area contributed by atoms with Crippen molar-refractivity contribution in [1.82, 2.24) is 9.78 Å². The fourth-order valence-corrected chi connectivity index (χ4v) is 1.67. The highest BCUT2D eigenvalue weighted by Crippen LogP contribution is 2.04. The minimum atomic E-state index is -1.26. The zero-order chi connectivity index (χ0) is 20.7. The van der Waals surface area contributed by atoms with Crippen molar-refractivity contribution < 1.29 is 24.6 Å². The second kappa shape index (κ2) is 13.9. The minimum absolute atomic E-state index is 0.261. The number of nitrogens with one attached hydrogen (secondary N) is 1. The molecule has 0 saturated carbocycles. The molecule has 27 heavy (non-hydrogen) atoms. The number of primary amides is 1. The quantitative estimate of drug-likeness (QED) is 0.166. The lowest BCUT2D eigenvalue weighted by molar-refractivity contribution is -0.134. The molecular weight excluding hydrogens is 356 g/mol. The maximum atomic E-state index is 10.6. The molecule has 0 atom stereocenters. The zero-order valence-electron chi connectivity index (χ0n) is 15.2. The van der Waals surface area contributed by atoms with Crippen LogP contribution in [0.5, 0.6) is 0 Å². The summed E-state index contributed by atoms with van der Waals surface area (Å²) in [5.41, 5.74) is 10.8. The molecule has 1 aromatic rings. The number of aliphatic imine (C=N–C) groups is 1. The summed E-state index contributed by atoms with van der Waals surface area (Å²) in [6.07, 6.45) is 5.99. The maximum Gasteiger partial charge on any atom is 0.328 e. The molecule has 11 heteroatoms. The van der Waals surface area contributed by atoms with E-state index in [0.29, 0.717) is 36.9 Å². The molecule has 0 aliphatic heterocycles. The number of guanidine groups is 1. The summed E-state index contributed by atoms with van der Waals surface area (Å²) in [6, 6.07) is 1.84. The molecule has 7 N–H and O–H groups in total. The van der Waals surface area contributed by atoms with Gasteiger partial charge < -0.3 is 27.0 Å². The van der Waals surface area contributed by atoms with Crippen LogP contribution in [0.2, 0.25) is 0 Å². The van der Waals surface area contributed by atoms with Crippen molar-refractivity contribution >= 4 is 29.6 Å². The Bertz CT molecular complexity index is 652. The van der Waals surface area contributed by atoms with Gasteiger partial charge >= 0.3 is 11.9 Å². The maximum absolute atomic E-state index is 10.6. The van der Waals surface area contributed by atoms with Crippen molar-refractivity contribution in [3.63, 3.8) is 0 Å². The summed E-state index contributed by atoms with van der Waals surface area (Å²) in [4.78, 5) is 33.8. The number of nitrogens with two attached hydrogens (primary N) is 2. The number of hydrogen-bond acceptors (Lipinski definition) is 5. The number of anilines is 1. The third-order valence-electron chi connectivity index (χ3n) is 2.83. The number of hydrogen-bond donors (Lipinski definition) is 5. The molecular formula is C16H26N6O5. The van der Waals surface area contributed by atoms with Crippen LogP contribution in [0.25, 0.3) is 0 Å². The minimum Gasteiger partial charge on any atom is -0.478 e. The molecule has 0 saturated heterocycles. The highest BCUT2D eigenvalue weighted by atomic mass is 16.4. The predicted molar refractivity (Wildman–Crippen MR) is 100 cm³/mol. The van der Waals surface area contributed by atoms with E-state index in [1.54, 1.807) is 4.68 Å². The van der Waals surface area contributed by atoms with Crippen LogP contribution in [0.4, 0.5) is 5.82 Å². The first-order valence-corrected chi connectivity index (χ1v) is 8.27. The van der Waals surface area contributed by atoms with Gasteiger partial charge in [0.15, 0.2) is 11.8 Å². The van der Waals surface area contributed by atoms with Gasteiger partial charge in [-0.2, -0.15) is 5.10 Å². The van der Waals surface area contributed by atoms with Gasteiger partial charge in [-0.3, -0.25) is 14.5 Å². The van der Waals surface area contributed by atoms with Gasteiger partial charge in [0, 0.05) is 43.9 Å². The zero-order valence-corrected chi connectivity index (χ0v) is 15.2. The number of carboxylic acids is 2. The molecule has 1 aromatic heterocycles. The molecule has 0 radical (unpaired) electrons. The third-order valence-corrected chi connectivity index (χ3v) is 2.83. The summed E-state index contributed by atoms with van der Waals surface area (Å²) >= 11 is 0. The topological polar surface area (TPSA) is 186 Å². The van der Waals surface area contributed by atoms with Gasteiger partial charge in [0.05, 0.1) is 0 Å². The van der Waals surface area contributed by atoms with Crippen molar-refractivity contribution in [3.8, 4) is 0 Å². The summed E-state index contributed by atoms with van der Waals surface area (Å²) < 4.78 is 1.80. The lowest BCUT2D eigenvalue weighted by Gasteiger charge is -2.02. The smallest absolute Gasteiger partial charge is 0.328 e. The van der Waals surface area contributed by atoms with E-state index >= 15 is 0 Å². The summed E-state index contributed by atoms with van der Waals surface area (Å²) in [6.45, 7) is 3.49. The summed E-state index contributed by atoms with van der Waals surface area (Å²) in [5, 5.41) is 22.9. The van der Waals surface area contributed by atoms with Crippen LogP contribution in [0.15, 0.2) is 29.4 Å². The number of carbonyl (C=O) groups excluding carboxylic acids is 1. The Balaban J connectivity index is 0.000000713. The fourth-order valence-electron chi connectivity index (χ4n) is 1.67. The number of unbranched alkanes of at least 4 members (excludes halogenated alkanes) is 1. The highest BCUT2D eigenvalue weighted by Gasteiger charge is 2.01. The van der Waals surface area contributed by atoms with E-state index in [-0.39, 0.29) is 5.91 Å². The molecule has 150 valence electrons. The van der Waals surface area contributed by atoms with E-state index < -0.39 is 11.9 Å². The second-order valence-electron chi connectivity index (χ2n) is 5.29. The Labute approximate surface area is 156 Å². The first-order chi connectivity index (χ1) is 12.7. The number of carboxylic acid groups (broad SMARTS) is 2. The number of aryl methyl sites for hydroxylation is 1. The van der Waals surface area contributed by atoms with Crippen LogP contribution in [-0.2, 0) is 20.9 Å². The van der Waals surface area contributed by atoms with E-state index in [9.17, 15) is 14.4 Å². The number of amides is 1. The Morgan fingerprint density at radius 2 is 1.85 bits per heavy atom. The first kappa shape index (κ1) is 23.6. The van der Waals surface area contributed by atoms with Crippen LogP contribution in [-0.4, -0.2) is 50.3 Å². The molecule has 0 aromatic carbocycles. The molecule has 0 fully saturated rings. The van der Waals surface area contributed by atoms with Gasteiger partial charge in [-0.15, -0.1) is 0 Å². The van der Waals surface area contributed by atoms with Crippen molar-refractivity contribution in [1.29, 1.82) is 0 Å². The van der Waals surface area contributed by atoms with Crippen LogP contribution in [0.3, 0.4) is 0 Å². The van der Waals surface area contributed by atoms with Crippen LogP contribution >= 0.6 is 0 Å². The molecule has 0 aliphatic rings. The Morgan fingerprint density at radius 1 is 1.22 bits per heavy atom. The fraction of sp³-hybridized carbons (Fsp3) is 0.438. The lowest BCUT2D eigenvalue weighted by atomic mass is 10.2. The van der Waals surface area contributed by atoms with Crippen LogP contribution < -0.4 is 16.8 Å². The molecule has 0 spiro atoms. The summed E-state index contributed by atoms with van der Waals surface area (Å²) in [7, 11) is 0. The predicted octanol–water partition coefficient (Wildman–Crippen LogP) is 0.387. The largest absolute Gasteiger partial charge is 0.478 e. The van der Waals surface area contributed by atoms with Crippen LogP contribution in [0.1, 0.15) is 32.6 Å². The standard InChI is InChI=1S/C12H22N6O.C4H4O4/c1-2-7-15-12(14)16-11-6-9-18(17-11)8-4-3-5-10(13)19;5-3(6)1-2-4(7)8/h6,9H,2-5,7-8H2,1H3,(H2,13,19)(H3,14,15,16,17);1-2H,(H,5,6)(H,7,8)/b;2-1-. The van der Waals surface area contributed by atoms with Gasteiger partial charge in [0.25, 0.3) is 0 Å². The number of nitrogens with zero attached hydrogens (tertiary/aromatic N) is 3. The van der Waals surface area contributed by atoms with Crippen LogP contribution in [0, 0.1) is 0 Å². The van der Waals surface area contributed by atoms with Gasteiger partial charge in [-0.25, -0.2) is 9.59 Å². The molecule has 1 rings (SSSR count). The highest BCUT2D eigenvalue weighted by molar-refractivity contribution is 5.91. The Kier molecular flexibility index (Phi) is 12.1. The number of carbonyl (C=O) groups is 3. The molecule has 0 unspecified atom stereocenters. The van der Waals surface area contributed by atoms with Crippen molar-refractivity contribution in [2.45, 2.75) is 39.2 Å². The third kappa shape index (κ3) is 14.7. The van der Waals surface area contributed by atoms with E-state index in [1.807, 2.05) is 19.2 Å². The number of aliphatic carboxylic acids is 2. The first-order valence-electron chi connectivity index (χ1n) is 8.27. The molecule has 11 nitrogen and oxygen atoms in total. The number of rotatable bonds is 10. The lowest BCUT2D eigenvalue weighted by Crippen LogP contribution is -2.23. The summed E-state index contributed by atoms with van der Waals surface area (Å²) in [5.74, 6) is -1.73. The van der Waals surface area contributed by atoms with Gasteiger partial charge in [0.2, 0.25) is 5.91 Å². The van der Waals surface area contributed by atoms with Gasteiger partial charge in [-0.05, 0) is 19.3 Å². The van der Waals surface area contributed by atoms with Crippen molar-refractivity contribution in [3.05, 3.63) is 24.4 Å². The van der Waals surface area contributed by atoms with Gasteiger partial charge in [-0.1, -0.05) is 6.92 Å². The Hall–Kier alpha value is -3.37. The average Bonchev–Trinajstić information content (AvgIpc) is 3.02. The number of aromatic nitrogens is 2. The Morgan fingerprint density at radius 3 is 2.37 bits per heavy atom. The normalized spacial score (nSPS) is 10.9.